The molecular formula is C14H19BrClN. The third-order valence-electron chi connectivity index (χ3n) is 3.69. The van der Waals surface area contributed by atoms with E-state index in [4.69, 9.17) is 11.6 Å². The van der Waals surface area contributed by atoms with Gasteiger partial charge in [-0.2, -0.15) is 0 Å². The molecule has 0 spiro atoms. The molecule has 0 unspecified atom stereocenters. The highest BCUT2D eigenvalue weighted by Crippen LogP contribution is 2.31. The summed E-state index contributed by atoms with van der Waals surface area (Å²) >= 11 is 9.67. The SMILES string of the molecule is CN(c1cc(Cl)ccc1CBr)C1CCCCC1. The summed E-state index contributed by atoms with van der Waals surface area (Å²) in [5, 5.41) is 1.71. The van der Waals surface area contributed by atoms with Crippen LogP contribution in [-0.2, 0) is 5.33 Å². The van der Waals surface area contributed by atoms with Crippen LogP contribution >= 0.6 is 27.5 Å². The van der Waals surface area contributed by atoms with Crippen LogP contribution in [0.1, 0.15) is 37.7 Å². The van der Waals surface area contributed by atoms with Gasteiger partial charge in [-0.1, -0.05) is 52.9 Å². The van der Waals surface area contributed by atoms with Crippen LogP contribution in [0.5, 0.6) is 0 Å². The Bertz CT molecular complexity index is 374. The zero-order chi connectivity index (χ0) is 12.3. The summed E-state index contributed by atoms with van der Waals surface area (Å²) in [6, 6.07) is 6.86. The van der Waals surface area contributed by atoms with E-state index in [2.05, 4.69) is 40.0 Å². The lowest BCUT2D eigenvalue weighted by molar-refractivity contribution is 0.427. The Balaban J connectivity index is 2.21. The number of rotatable bonds is 3. The van der Waals surface area contributed by atoms with E-state index in [1.807, 2.05) is 6.07 Å². The molecule has 1 fully saturated rings. The lowest BCUT2D eigenvalue weighted by Crippen LogP contribution is -2.33. The summed E-state index contributed by atoms with van der Waals surface area (Å²) in [7, 11) is 2.20. The normalized spacial score (nSPS) is 17.1. The van der Waals surface area contributed by atoms with E-state index in [0.717, 1.165) is 10.4 Å². The van der Waals surface area contributed by atoms with E-state index in [1.54, 1.807) is 0 Å². The van der Waals surface area contributed by atoms with Crippen molar-refractivity contribution in [3.05, 3.63) is 28.8 Å². The van der Waals surface area contributed by atoms with Gasteiger partial charge in [-0.05, 0) is 30.5 Å². The van der Waals surface area contributed by atoms with Crippen LogP contribution in [0, 0.1) is 0 Å². The molecule has 0 atom stereocenters. The average Bonchev–Trinajstić information content (AvgIpc) is 2.39. The lowest BCUT2D eigenvalue weighted by Gasteiger charge is -2.34. The van der Waals surface area contributed by atoms with E-state index in [9.17, 15) is 0 Å². The van der Waals surface area contributed by atoms with Crippen molar-refractivity contribution in [2.45, 2.75) is 43.5 Å². The predicted octanol–water partition coefficient (Wildman–Crippen LogP) is 5.00. The fourth-order valence-electron chi connectivity index (χ4n) is 2.64. The zero-order valence-corrected chi connectivity index (χ0v) is 12.6. The molecular weight excluding hydrogens is 298 g/mol. The molecule has 3 heteroatoms. The molecule has 94 valence electrons. The Labute approximate surface area is 117 Å². The highest BCUT2D eigenvalue weighted by molar-refractivity contribution is 9.08. The first-order valence-electron chi connectivity index (χ1n) is 6.29. The molecule has 0 saturated heterocycles. The van der Waals surface area contributed by atoms with E-state index in [0.29, 0.717) is 6.04 Å². The minimum atomic E-state index is 0.681. The Morgan fingerprint density at radius 1 is 1.29 bits per heavy atom. The van der Waals surface area contributed by atoms with Gasteiger partial charge < -0.3 is 4.90 Å². The predicted molar refractivity (Wildman–Crippen MR) is 79.4 cm³/mol. The molecule has 0 bridgehead atoms. The topological polar surface area (TPSA) is 3.24 Å². The van der Waals surface area contributed by atoms with Crippen molar-refractivity contribution in [1.29, 1.82) is 0 Å². The fraction of sp³-hybridized carbons (Fsp3) is 0.571. The zero-order valence-electron chi connectivity index (χ0n) is 10.3. The number of anilines is 1. The highest BCUT2D eigenvalue weighted by Gasteiger charge is 2.20. The molecule has 1 aromatic rings. The standard InChI is InChI=1S/C14H19BrClN/c1-17(13-5-3-2-4-6-13)14-9-12(16)8-7-11(14)10-15/h7-9,13H,2-6,10H2,1H3. The first-order valence-corrected chi connectivity index (χ1v) is 7.79. The maximum atomic E-state index is 6.11. The molecule has 0 aliphatic heterocycles. The van der Waals surface area contributed by atoms with Crippen molar-refractivity contribution in [1.82, 2.24) is 0 Å². The van der Waals surface area contributed by atoms with Crippen LogP contribution in [0.15, 0.2) is 18.2 Å². The number of alkyl halides is 1. The van der Waals surface area contributed by atoms with E-state index < -0.39 is 0 Å². The smallest absolute Gasteiger partial charge is 0.0426 e. The minimum absolute atomic E-state index is 0.681. The molecule has 0 amide bonds. The highest BCUT2D eigenvalue weighted by atomic mass is 79.9. The summed E-state index contributed by atoms with van der Waals surface area (Å²) in [4.78, 5) is 2.42. The molecule has 1 aliphatic carbocycles. The van der Waals surface area contributed by atoms with Crippen molar-refractivity contribution in [2.24, 2.45) is 0 Å². The molecule has 1 aromatic carbocycles. The number of hydrogen-bond donors (Lipinski definition) is 0. The van der Waals surface area contributed by atoms with Crippen LogP contribution in [0.4, 0.5) is 5.69 Å². The van der Waals surface area contributed by atoms with Crippen molar-refractivity contribution in [3.8, 4) is 0 Å². The Kier molecular flexibility index (Phi) is 4.75. The molecule has 0 N–H and O–H groups in total. The third kappa shape index (κ3) is 3.17. The summed E-state index contributed by atoms with van der Waals surface area (Å²) in [6.45, 7) is 0. The number of halogens is 2. The summed E-state index contributed by atoms with van der Waals surface area (Å²) in [6.07, 6.45) is 6.74. The van der Waals surface area contributed by atoms with Crippen LogP contribution in [0.2, 0.25) is 5.02 Å². The van der Waals surface area contributed by atoms with Gasteiger partial charge in [0.15, 0.2) is 0 Å². The Morgan fingerprint density at radius 2 is 2.00 bits per heavy atom. The van der Waals surface area contributed by atoms with Gasteiger partial charge in [0.2, 0.25) is 0 Å². The average molecular weight is 317 g/mol. The van der Waals surface area contributed by atoms with Gasteiger partial charge in [0.1, 0.15) is 0 Å². The summed E-state index contributed by atoms with van der Waals surface area (Å²) in [5.74, 6) is 0. The number of nitrogens with zero attached hydrogens (tertiary/aromatic N) is 1. The fourth-order valence-corrected chi connectivity index (χ4v) is 3.28. The van der Waals surface area contributed by atoms with Crippen molar-refractivity contribution in [2.75, 3.05) is 11.9 Å². The maximum absolute atomic E-state index is 6.11. The molecule has 2 rings (SSSR count). The molecule has 0 aromatic heterocycles. The summed E-state index contributed by atoms with van der Waals surface area (Å²) in [5.41, 5.74) is 2.60. The minimum Gasteiger partial charge on any atom is -0.371 e. The Hall–Kier alpha value is -0.210. The molecule has 0 heterocycles. The first-order chi connectivity index (χ1) is 8.22. The van der Waals surface area contributed by atoms with E-state index in [1.165, 1.54) is 43.4 Å². The van der Waals surface area contributed by atoms with Crippen LogP contribution in [0.25, 0.3) is 0 Å². The molecule has 1 aliphatic rings. The van der Waals surface area contributed by atoms with Crippen LogP contribution in [0.3, 0.4) is 0 Å². The van der Waals surface area contributed by atoms with Gasteiger partial charge in [-0.3, -0.25) is 0 Å². The third-order valence-corrected chi connectivity index (χ3v) is 4.53. The van der Waals surface area contributed by atoms with E-state index in [-0.39, 0.29) is 0 Å². The van der Waals surface area contributed by atoms with Crippen molar-refractivity contribution < 1.29 is 0 Å². The quantitative estimate of drug-likeness (QED) is 0.709. The van der Waals surface area contributed by atoms with Gasteiger partial charge in [0.05, 0.1) is 0 Å². The van der Waals surface area contributed by atoms with Gasteiger partial charge in [0.25, 0.3) is 0 Å². The van der Waals surface area contributed by atoms with Gasteiger partial charge in [-0.15, -0.1) is 0 Å². The number of benzene rings is 1. The second kappa shape index (κ2) is 6.10. The Morgan fingerprint density at radius 3 is 2.65 bits per heavy atom. The van der Waals surface area contributed by atoms with Crippen LogP contribution in [-0.4, -0.2) is 13.1 Å². The number of hydrogen-bond acceptors (Lipinski definition) is 1. The second-order valence-corrected chi connectivity index (χ2v) is 5.81. The molecule has 17 heavy (non-hydrogen) atoms. The van der Waals surface area contributed by atoms with Gasteiger partial charge in [0, 0.05) is 29.1 Å². The summed E-state index contributed by atoms with van der Waals surface area (Å²) < 4.78 is 0. The monoisotopic (exact) mass is 315 g/mol. The lowest BCUT2D eigenvalue weighted by atomic mass is 9.94. The second-order valence-electron chi connectivity index (χ2n) is 4.81. The molecule has 0 radical (unpaired) electrons. The van der Waals surface area contributed by atoms with Gasteiger partial charge >= 0.3 is 0 Å². The first kappa shape index (κ1) is 13.2. The molecule has 1 saturated carbocycles. The van der Waals surface area contributed by atoms with Crippen LogP contribution < -0.4 is 4.90 Å². The van der Waals surface area contributed by atoms with Gasteiger partial charge in [-0.25, -0.2) is 0 Å². The maximum Gasteiger partial charge on any atom is 0.0426 e. The largest absolute Gasteiger partial charge is 0.371 e. The molecule has 1 nitrogen and oxygen atoms in total. The van der Waals surface area contributed by atoms with Crippen molar-refractivity contribution >= 4 is 33.2 Å². The van der Waals surface area contributed by atoms with E-state index >= 15 is 0 Å². The van der Waals surface area contributed by atoms with Crippen molar-refractivity contribution in [3.63, 3.8) is 0 Å².